The molecule has 0 aliphatic carbocycles. The van der Waals surface area contributed by atoms with Gasteiger partial charge in [-0.15, -0.1) is 0 Å². The van der Waals surface area contributed by atoms with Crippen LogP contribution in [0.5, 0.6) is 17.2 Å². The zero-order valence-electron chi connectivity index (χ0n) is 25.5. The van der Waals surface area contributed by atoms with Crippen molar-refractivity contribution in [3.8, 4) is 28.4 Å². The molecule has 2 aromatic heterocycles. The SMILES string of the molecule is Cc1ccc2cccc([O][Al]([O]c3ccc4cc(-c5cccc6ccccc56)ccc4c3)[O]c3cccc4ccc(C)nc34)c2n1. The molecule has 6 heteroatoms. The van der Waals surface area contributed by atoms with E-state index in [9.17, 15) is 0 Å². The van der Waals surface area contributed by atoms with Crippen molar-refractivity contribution in [1.29, 1.82) is 0 Å². The zero-order chi connectivity index (χ0) is 31.0. The molecular weight excluding hydrogens is 583 g/mol. The van der Waals surface area contributed by atoms with Crippen LogP contribution < -0.4 is 11.4 Å². The molecule has 0 fully saturated rings. The van der Waals surface area contributed by atoms with Crippen molar-refractivity contribution in [3.63, 3.8) is 0 Å². The largest absolute Gasteiger partial charge is 1.20 e. The maximum Gasteiger partial charge on any atom is 1.20 e. The summed E-state index contributed by atoms with van der Waals surface area (Å²) in [7, 11) is 0. The number of aryl methyl sites for hydroxylation is 2. The van der Waals surface area contributed by atoms with Gasteiger partial charge in [0, 0.05) is 22.2 Å². The predicted molar refractivity (Wildman–Crippen MR) is 187 cm³/mol. The number of rotatable bonds is 7. The summed E-state index contributed by atoms with van der Waals surface area (Å²) in [5.74, 6) is 1.93. The quantitative estimate of drug-likeness (QED) is 0.168. The molecule has 0 aliphatic heterocycles. The smallest absolute Gasteiger partial charge is 0.577 e. The summed E-state index contributed by atoms with van der Waals surface area (Å²) in [5.41, 5.74) is 5.77. The maximum absolute atomic E-state index is 6.60. The Morgan fingerprint density at radius 2 is 1.02 bits per heavy atom. The van der Waals surface area contributed by atoms with Crippen molar-refractivity contribution in [2.75, 3.05) is 0 Å². The van der Waals surface area contributed by atoms with E-state index in [2.05, 4.69) is 78.9 Å². The number of para-hydroxylation sites is 2. The molecule has 0 N–H and O–H groups in total. The summed E-state index contributed by atoms with van der Waals surface area (Å²) in [6.45, 7) is 3.95. The molecule has 2 heterocycles. The first-order valence-electron chi connectivity index (χ1n) is 15.3. The molecule has 6 aromatic carbocycles. The molecule has 8 rings (SSSR count). The molecule has 46 heavy (non-hydrogen) atoms. The molecule has 0 bridgehead atoms. The van der Waals surface area contributed by atoms with Gasteiger partial charge >= 0.3 is 15.1 Å². The molecule has 0 unspecified atom stereocenters. The first-order chi connectivity index (χ1) is 22.6. The molecular formula is C40H29AlN2O3. The Labute approximate surface area is 272 Å². The van der Waals surface area contributed by atoms with E-state index in [1.807, 2.05) is 74.5 Å². The topological polar surface area (TPSA) is 53.5 Å². The van der Waals surface area contributed by atoms with Crippen LogP contribution in [0.1, 0.15) is 11.4 Å². The summed E-state index contributed by atoms with van der Waals surface area (Å²) in [4.78, 5) is 9.54. The lowest BCUT2D eigenvalue weighted by Gasteiger charge is -2.18. The first kappa shape index (κ1) is 28.1. The number of hydrogen-bond acceptors (Lipinski definition) is 5. The molecule has 0 amide bonds. The highest BCUT2D eigenvalue weighted by Crippen LogP contribution is 2.33. The van der Waals surface area contributed by atoms with Crippen molar-refractivity contribution in [2.24, 2.45) is 0 Å². The summed E-state index contributed by atoms with van der Waals surface area (Å²) < 4.78 is 19.8. The lowest BCUT2D eigenvalue weighted by molar-refractivity contribution is 0.310. The standard InChI is InChI=1S/C20H14O.2C10H9NO.Al/c21-18-11-10-15-12-17(9-8-16(15)13-18)20-7-3-5-14-4-1-2-6-19(14)20;2*1-7-5-6-8-3-2-4-9(12)10(8)11-7;/h1-13,21H;2*2-6,12H,1H3;/q;;;+3/p-3. The van der Waals surface area contributed by atoms with Gasteiger partial charge in [-0.1, -0.05) is 97.1 Å². The van der Waals surface area contributed by atoms with E-state index in [4.69, 9.17) is 21.3 Å². The second-order valence-electron chi connectivity index (χ2n) is 11.5. The van der Waals surface area contributed by atoms with E-state index in [0.717, 1.165) is 44.0 Å². The minimum absolute atomic E-state index is 0.628. The van der Waals surface area contributed by atoms with E-state index in [1.54, 1.807) is 0 Å². The molecule has 220 valence electrons. The Bertz CT molecular complexity index is 2320. The number of benzene rings is 6. The second-order valence-corrected chi connectivity index (χ2v) is 12.7. The minimum Gasteiger partial charge on any atom is -0.577 e. The first-order valence-corrected chi connectivity index (χ1v) is 16.7. The number of fused-ring (bicyclic) bond motifs is 4. The molecule has 5 nitrogen and oxygen atoms in total. The third-order valence-corrected chi connectivity index (χ3v) is 9.59. The zero-order valence-corrected chi connectivity index (χ0v) is 26.6. The molecule has 0 aliphatic rings. The number of hydrogen-bond donors (Lipinski definition) is 0. The van der Waals surface area contributed by atoms with E-state index in [1.165, 1.54) is 21.9 Å². The van der Waals surface area contributed by atoms with Crippen molar-refractivity contribution < 1.29 is 11.4 Å². The van der Waals surface area contributed by atoms with Gasteiger partial charge in [-0.25, -0.2) is 9.97 Å². The fraction of sp³-hybridized carbons (Fsp3) is 0.0500. The number of aromatic nitrogens is 2. The highest BCUT2D eigenvalue weighted by atomic mass is 27.3. The molecule has 0 atom stereocenters. The fourth-order valence-electron chi connectivity index (χ4n) is 5.96. The lowest BCUT2D eigenvalue weighted by Crippen LogP contribution is -2.37. The van der Waals surface area contributed by atoms with Gasteiger partial charge in [-0.3, -0.25) is 0 Å². The van der Waals surface area contributed by atoms with Crippen LogP contribution in [0.25, 0.3) is 54.5 Å². The van der Waals surface area contributed by atoms with Gasteiger partial charge in [-0.05, 0) is 89.0 Å². The van der Waals surface area contributed by atoms with Crippen LogP contribution in [0.2, 0.25) is 0 Å². The van der Waals surface area contributed by atoms with Crippen molar-refractivity contribution >= 4 is 58.5 Å². The molecule has 0 saturated carbocycles. The average molecular weight is 613 g/mol. The Morgan fingerprint density at radius 3 is 1.74 bits per heavy atom. The van der Waals surface area contributed by atoms with Gasteiger partial charge in [0.05, 0.1) is 5.75 Å². The van der Waals surface area contributed by atoms with E-state index in [0.29, 0.717) is 17.2 Å². The van der Waals surface area contributed by atoms with Crippen molar-refractivity contribution in [1.82, 2.24) is 9.97 Å². The Hall–Kier alpha value is -5.41. The third kappa shape index (κ3) is 5.50. The monoisotopic (exact) mass is 612 g/mol. The van der Waals surface area contributed by atoms with Crippen LogP contribution in [0.3, 0.4) is 0 Å². The summed E-state index contributed by atoms with van der Waals surface area (Å²) in [6, 6.07) is 47.5. The summed E-state index contributed by atoms with van der Waals surface area (Å²) >= 11 is -2.91. The van der Waals surface area contributed by atoms with Crippen molar-refractivity contribution in [3.05, 3.63) is 151 Å². The van der Waals surface area contributed by atoms with Crippen LogP contribution in [-0.2, 0) is 0 Å². The van der Waals surface area contributed by atoms with E-state index < -0.39 is 15.1 Å². The van der Waals surface area contributed by atoms with E-state index in [-0.39, 0.29) is 0 Å². The predicted octanol–water partition coefficient (Wildman–Crippen LogP) is 9.89. The highest BCUT2D eigenvalue weighted by Gasteiger charge is 2.45. The van der Waals surface area contributed by atoms with Gasteiger partial charge in [0.1, 0.15) is 22.5 Å². The maximum atomic E-state index is 6.60. The Kier molecular flexibility index (Phi) is 7.23. The van der Waals surface area contributed by atoms with Gasteiger partial charge in [-0.2, -0.15) is 0 Å². The molecule has 8 aromatic rings. The van der Waals surface area contributed by atoms with Crippen molar-refractivity contribution in [2.45, 2.75) is 13.8 Å². The van der Waals surface area contributed by atoms with Crippen LogP contribution in [0.15, 0.2) is 140 Å². The lowest BCUT2D eigenvalue weighted by atomic mass is 9.96. The number of nitrogens with zero attached hydrogens (tertiary/aromatic N) is 2. The highest BCUT2D eigenvalue weighted by molar-refractivity contribution is 6.40. The number of pyridine rings is 2. The van der Waals surface area contributed by atoms with Crippen LogP contribution >= 0.6 is 0 Å². The Balaban J connectivity index is 1.16. The van der Waals surface area contributed by atoms with Gasteiger partial charge < -0.3 is 11.4 Å². The van der Waals surface area contributed by atoms with Crippen LogP contribution in [0, 0.1) is 13.8 Å². The van der Waals surface area contributed by atoms with Gasteiger partial charge in [0.15, 0.2) is 0 Å². The fourth-order valence-corrected chi connectivity index (χ4v) is 7.27. The molecule has 0 saturated heterocycles. The molecule has 0 spiro atoms. The van der Waals surface area contributed by atoms with Crippen LogP contribution in [-0.4, -0.2) is 25.1 Å². The normalized spacial score (nSPS) is 11.3. The van der Waals surface area contributed by atoms with Gasteiger partial charge in [0.2, 0.25) is 0 Å². The Morgan fingerprint density at radius 1 is 0.457 bits per heavy atom. The summed E-state index contributed by atoms with van der Waals surface area (Å²) in [5, 5.41) is 6.65. The minimum atomic E-state index is -2.91. The van der Waals surface area contributed by atoms with Gasteiger partial charge in [0.25, 0.3) is 0 Å². The average Bonchev–Trinajstić information content (AvgIpc) is 3.08. The summed E-state index contributed by atoms with van der Waals surface area (Å²) in [6.07, 6.45) is 0. The van der Waals surface area contributed by atoms with E-state index >= 15 is 0 Å². The van der Waals surface area contributed by atoms with Crippen LogP contribution in [0.4, 0.5) is 0 Å². The third-order valence-electron chi connectivity index (χ3n) is 8.24. The second kappa shape index (κ2) is 11.8. The molecule has 0 radical (unpaired) electrons.